The van der Waals surface area contributed by atoms with Crippen molar-refractivity contribution >= 4 is 17.7 Å². The van der Waals surface area contributed by atoms with E-state index in [1.54, 1.807) is 11.0 Å². The average molecular weight is 447 g/mol. The van der Waals surface area contributed by atoms with Gasteiger partial charge >= 0.3 is 6.09 Å². The molecular formula is C22H30ClF3N2O2. The molecular weight excluding hydrogens is 417 g/mol. The van der Waals surface area contributed by atoms with E-state index < -0.39 is 22.8 Å². The molecule has 0 aromatic heterocycles. The zero-order valence-corrected chi connectivity index (χ0v) is 18.9. The van der Waals surface area contributed by atoms with E-state index in [1.807, 2.05) is 34.6 Å². The standard InChI is InChI=1S/C22H30ClF3N2O2/c1-14-10-28(19(29)30-20(3,4)5)15(2)9-27(14)13-21(11-22(25,26)12-21)16-6-7-17(23)18(24)8-16/h6-8,14-15H,9-13H2,1-5H3. The summed E-state index contributed by atoms with van der Waals surface area (Å²) >= 11 is 5.79. The minimum Gasteiger partial charge on any atom is -0.444 e. The molecule has 2 atom stereocenters. The van der Waals surface area contributed by atoms with Gasteiger partial charge in [-0.25, -0.2) is 18.0 Å². The Bertz CT molecular complexity index is 804. The summed E-state index contributed by atoms with van der Waals surface area (Å²) in [4.78, 5) is 16.3. The van der Waals surface area contributed by atoms with E-state index in [1.165, 1.54) is 12.1 Å². The second kappa shape index (κ2) is 7.90. The number of nitrogens with zero attached hydrogens (tertiary/aromatic N) is 2. The molecule has 0 bridgehead atoms. The van der Waals surface area contributed by atoms with E-state index in [2.05, 4.69) is 4.90 Å². The first-order valence-electron chi connectivity index (χ1n) is 10.3. The third-order valence-corrected chi connectivity index (χ3v) is 6.28. The second-order valence-electron chi connectivity index (χ2n) is 9.88. The summed E-state index contributed by atoms with van der Waals surface area (Å²) in [5.74, 6) is -3.36. The summed E-state index contributed by atoms with van der Waals surface area (Å²) in [5.41, 5.74) is -0.876. The van der Waals surface area contributed by atoms with Crippen LogP contribution in [0.3, 0.4) is 0 Å². The van der Waals surface area contributed by atoms with Gasteiger partial charge in [-0.05, 0) is 52.3 Å². The SMILES string of the molecule is CC1CN(C(=O)OC(C)(C)C)C(C)CN1CC1(c2ccc(Cl)c(F)c2)CC(F)(F)C1. The molecule has 3 rings (SSSR count). The molecule has 2 unspecified atom stereocenters. The molecule has 0 spiro atoms. The molecule has 1 heterocycles. The molecule has 0 radical (unpaired) electrons. The van der Waals surface area contributed by atoms with Crippen molar-refractivity contribution in [1.29, 1.82) is 0 Å². The Labute approximate surface area is 181 Å². The summed E-state index contributed by atoms with van der Waals surface area (Å²) in [6, 6.07) is 4.18. The Kier molecular flexibility index (Phi) is 6.11. The summed E-state index contributed by atoms with van der Waals surface area (Å²) < 4.78 is 47.5. The Morgan fingerprint density at radius 2 is 1.83 bits per heavy atom. The highest BCUT2D eigenvalue weighted by Crippen LogP contribution is 2.54. The fourth-order valence-corrected chi connectivity index (χ4v) is 4.67. The highest BCUT2D eigenvalue weighted by Gasteiger charge is 2.58. The van der Waals surface area contributed by atoms with E-state index in [0.29, 0.717) is 25.2 Å². The lowest BCUT2D eigenvalue weighted by Gasteiger charge is -2.53. The maximum absolute atomic E-state index is 14.1. The van der Waals surface area contributed by atoms with Gasteiger partial charge < -0.3 is 9.64 Å². The molecule has 2 fully saturated rings. The number of carbonyl (C=O) groups is 1. The predicted molar refractivity (Wildman–Crippen MR) is 111 cm³/mol. The van der Waals surface area contributed by atoms with Crippen molar-refractivity contribution in [2.75, 3.05) is 19.6 Å². The van der Waals surface area contributed by atoms with Gasteiger partial charge in [0, 0.05) is 50.0 Å². The minimum absolute atomic E-state index is 0.0204. The molecule has 1 amide bonds. The average Bonchev–Trinajstić information content (AvgIpc) is 2.56. The van der Waals surface area contributed by atoms with Crippen molar-refractivity contribution in [2.24, 2.45) is 0 Å². The van der Waals surface area contributed by atoms with Crippen molar-refractivity contribution in [3.05, 3.63) is 34.6 Å². The number of halogens is 4. The van der Waals surface area contributed by atoms with Crippen LogP contribution in [0.15, 0.2) is 18.2 Å². The molecule has 1 aliphatic heterocycles. The van der Waals surface area contributed by atoms with Gasteiger partial charge in [0.25, 0.3) is 0 Å². The number of alkyl halides is 2. The van der Waals surface area contributed by atoms with Gasteiger partial charge in [-0.2, -0.15) is 0 Å². The molecule has 1 aliphatic carbocycles. The van der Waals surface area contributed by atoms with Gasteiger partial charge in [0.1, 0.15) is 11.4 Å². The summed E-state index contributed by atoms with van der Waals surface area (Å²) in [6.45, 7) is 10.7. The number of rotatable bonds is 3. The predicted octanol–water partition coefficient (Wildman–Crippen LogP) is 5.48. The molecule has 1 aromatic carbocycles. The van der Waals surface area contributed by atoms with Crippen molar-refractivity contribution in [1.82, 2.24) is 9.80 Å². The van der Waals surface area contributed by atoms with Crippen molar-refractivity contribution < 1.29 is 22.7 Å². The number of ether oxygens (including phenoxy) is 1. The monoisotopic (exact) mass is 446 g/mol. The number of amides is 1. The van der Waals surface area contributed by atoms with Crippen molar-refractivity contribution in [3.8, 4) is 0 Å². The molecule has 168 valence electrons. The van der Waals surface area contributed by atoms with Crippen LogP contribution in [-0.2, 0) is 10.2 Å². The first-order valence-corrected chi connectivity index (χ1v) is 10.7. The molecule has 1 aromatic rings. The van der Waals surface area contributed by atoms with Crippen LogP contribution in [-0.4, -0.2) is 59.1 Å². The number of hydrogen-bond donors (Lipinski definition) is 0. The van der Waals surface area contributed by atoms with Crippen LogP contribution < -0.4 is 0 Å². The number of benzene rings is 1. The highest BCUT2D eigenvalue weighted by molar-refractivity contribution is 6.30. The zero-order valence-electron chi connectivity index (χ0n) is 18.1. The number of piperazine rings is 1. The first kappa shape index (κ1) is 23.2. The molecule has 8 heteroatoms. The third kappa shape index (κ3) is 4.88. The summed E-state index contributed by atoms with van der Waals surface area (Å²) in [7, 11) is 0. The lowest BCUT2D eigenvalue weighted by Crippen LogP contribution is -2.63. The van der Waals surface area contributed by atoms with E-state index in [-0.39, 0.29) is 36.0 Å². The Balaban J connectivity index is 1.77. The summed E-state index contributed by atoms with van der Waals surface area (Å²) in [6.07, 6.45) is -1.02. The van der Waals surface area contributed by atoms with Crippen LogP contribution >= 0.6 is 11.6 Å². The van der Waals surface area contributed by atoms with E-state index in [0.717, 1.165) is 0 Å². The van der Waals surface area contributed by atoms with Crippen LogP contribution in [0.5, 0.6) is 0 Å². The normalized spacial score (nSPS) is 26.2. The van der Waals surface area contributed by atoms with Gasteiger partial charge in [-0.1, -0.05) is 17.7 Å². The van der Waals surface area contributed by atoms with Gasteiger partial charge in [0.05, 0.1) is 5.02 Å². The maximum Gasteiger partial charge on any atom is 0.410 e. The van der Waals surface area contributed by atoms with Crippen LogP contribution in [0, 0.1) is 5.82 Å². The number of carbonyl (C=O) groups excluding carboxylic acids is 1. The molecule has 0 N–H and O–H groups in total. The molecule has 2 aliphatic rings. The van der Waals surface area contributed by atoms with Crippen molar-refractivity contribution in [3.63, 3.8) is 0 Å². The Morgan fingerprint density at radius 3 is 2.37 bits per heavy atom. The number of hydrogen-bond acceptors (Lipinski definition) is 3. The Morgan fingerprint density at radius 1 is 1.20 bits per heavy atom. The fraction of sp³-hybridized carbons (Fsp3) is 0.682. The molecule has 4 nitrogen and oxygen atoms in total. The van der Waals surface area contributed by atoms with Crippen LogP contribution in [0.2, 0.25) is 5.02 Å². The van der Waals surface area contributed by atoms with Crippen LogP contribution in [0.4, 0.5) is 18.0 Å². The molecule has 30 heavy (non-hydrogen) atoms. The van der Waals surface area contributed by atoms with E-state index >= 15 is 0 Å². The first-order chi connectivity index (χ1) is 13.7. The third-order valence-electron chi connectivity index (χ3n) is 5.97. The molecule has 1 saturated carbocycles. The molecule has 1 saturated heterocycles. The minimum atomic E-state index is -2.76. The van der Waals surface area contributed by atoms with Gasteiger partial charge in [-0.15, -0.1) is 0 Å². The zero-order chi connectivity index (χ0) is 22.5. The van der Waals surface area contributed by atoms with Gasteiger partial charge in [-0.3, -0.25) is 4.90 Å². The lowest BCUT2D eigenvalue weighted by molar-refractivity contribution is -0.139. The lowest BCUT2D eigenvalue weighted by atomic mass is 9.61. The van der Waals surface area contributed by atoms with E-state index in [9.17, 15) is 18.0 Å². The van der Waals surface area contributed by atoms with Gasteiger partial charge in [0.2, 0.25) is 5.92 Å². The van der Waals surface area contributed by atoms with Crippen LogP contribution in [0.25, 0.3) is 0 Å². The quantitative estimate of drug-likeness (QED) is 0.616. The smallest absolute Gasteiger partial charge is 0.410 e. The summed E-state index contributed by atoms with van der Waals surface area (Å²) in [5, 5.41) is -0.0204. The largest absolute Gasteiger partial charge is 0.444 e. The van der Waals surface area contributed by atoms with E-state index in [4.69, 9.17) is 16.3 Å². The van der Waals surface area contributed by atoms with Crippen LogP contribution in [0.1, 0.15) is 53.0 Å². The maximum atomic E-state index is 14.1. The van der Waals surface area contributed by atoms with Gasteiger partial charge in [0.15, 0.2) is 0 Å². The second-order valence-corrected chi connectivity index (χ2v) is 10.3. The Hall–Kier alpha value is -1.47. The highest BCUT2D eigenvalue weighted by atomic mass is 35.5. The van der Waals surface area contributed by atoms with Crippen molar-refractivity contribution in [2.45, 2.75) is 76.5 Å². The fourth-order valence-electron chi connectivity index (χ4n) is 4.55. The topological polar surface area (TPSA) is 32.8 Å².